The van der Waals surface area contributed by atoms with Crippen molar-refractivity contribution in [2.24, 2.45) is 5.10 Å². The number of para-hydroxylation sites is 1. The summed E-state index contributed by atoms with van der Waals surface area (Å²) < 4.78 is 30.1. The summed E-state index contributed by atoms with van der Waals surface area (Å²) in [4.78, 5) is 13.0. The molecule has 0 saturated heterocycles. The zero-order valence-corrected chi connectivity index (χ0v) is 24.3. The minimum Gasteiger partial charge on any atom is -0.317 e. The fraction of sp³-hybridized carbons (Fsp3) is 0.172. The molecule has 1 amide bonds. The van der Waals surface area contributed by atoms with Gasteiger partial charge in [0.2, 0.25) is 0 Å². The number of anilines is 1. The molecule has 3 aromatic carbocycles. The van der Waals surface area contributed by atoms with Crippen LogP contribution in [0.3, 0.4) is 0 Å². The summed E-state index contributed by atoms with van der Waals surface area (Å²) in [5.74, 6) is -0.648. The first kappa shape index (κ1) is 28.4. The molecular weight excluding hydrogens is 555 g/mol. The molecule has 1 N–H and O–H groups in total. The van der Waals surface area contributed by atoms with Crippen molar-refractivity contribution in [1.82, 2.24) is 9.99 Å². The monoisotopic (exact) mass is 582 g/mol. The predicted octanol–water partition coefficient (Wildman–Crippen LogP) is 6.36. The third kappa shape index (κ3) is 5.88. The van der Waals surface area contributed by atoms with Crippen LogP contribution in [0.5, 0.6) is 0 Å². The second-order valence-electron chi connectivity index (χ2n) is 9.09. The van der Waals surface area contributed by atoms with E-state index in [1.807, 2.05) is 26.0 Å². The topological polar surface area (TPSA) is 83.8 Å². The first-order valence-electron chi connectivity index (χ1n) is 12.1. The Hall–Kier alpha value is -3.59. The second-order valence-corrected chi connectivity index (χ2v) is 11.7. The number of halogens is 2. The Balaban J connectivity index is 1.60. The lowest BCUT2D eigenvalue weighted by atomic mass is 10.1. The van der Waals surface area contributed by atoms with Crippen molar-refractivity contribution in [2.75, 3.05) is 10.8 Å². The number of hydrogen-bond acceptors (Lipinski definition) is 4. The number of rotatable bonds is 8. The summed E-state index contributed by atoms with van der Waals surface area (Å²) in [6, 6.07) is 20.5. The van der Waals surface area contributed by atoms with Crippen molar-refractivity contribution in [3.63, 3.8) is 0 Å². The van der Waals surface area contributed by atoms with Crippen LogP contribution in [0, 0.1) is 27.7 Å². The van der Waals surface area contributed by atoms with Crippen molar-refractivity contribution in [3.05, 3.63) is 111 Å². The van der Waals surface area contributed by atoms with E-state index >= 15 is 0 Å². The smallest absolute Gasteiger partial charge is 0.264 e. The zero-order valence-electron chi connectivity index (χ0n) is 21.9. The molecule has 4 rings (SSSR count). The summed E-state index contributed by atoms with van der Waals surface area (Å²) in [5, 5.41) is 4.31. The fourth-order valence-corrected chi connectivity index (χ4v) is 6.37. The van der Waals surface area contributed by atoms with E-state index in [1.165, 1.54) is 18.2 Å². The molecule has 7 nitrogen and oxygen atoms in total. The normalized spacial score (nSPS) is 11.6. The second kappa shape index (κ2) is 11.7. The number of carbonyl (C=O) groups excluding carboxylic acids is 1. The van der Waals surface area contributed by atoms with Gasteiger partial charge in [-0.3, -0.25) is 9.10 Å². The number of nitrogens with zero attached hydrogens (tertiary/aromatic N) is 3. The van der Waals surface area contributed by atoms with Crippen LogP contribution in [0.2, 0.25) is 10.0 Å². The molecule has 0 fully saturated rings. The van der Waals surface area contributed by atoms with E-state index < -0.39 is 22.5 Å². The van der Waals surface area contributed by atoms with Crippen molar-refractivity contribution in [3.8, 4) is 5.69 Å². The highest BCUT2D eigenvalue weighted by Gasteiger charge is 2.29. The molecule has 0 radical (unpaired) electrons. The third-order valence-corrected chi connectivity index (χ3v) is 8.93. The Labute approximate surface area is 238 Å². The van der Waals surface area contributed by atoms with Crippen molar-refractivity contribution < 1.29 is 13.2 Å². The van der Waals surface area contributed by atoms with E-state index in [9.17, 15) is 13.2 Å². The minimum atomic E-state index is -4.14. The number of carbonyl (C=O) groups is 1. The molecule has 1 aromatic heterocycles. The van der Waals surface area contributed by atoms with Crippen LogP contribution in [0.15, 0.2) is 82.8 Å². The van der Waals surface area contributed by atoms with Gasteiger partial charge < -0.3 is 4.57 Å². The van der Waals surface area contributed by atoms with Crippen LogP contribution in [-0.4, -0.2) is 31.7 Å². The Morgan fingerprint density at radius 3 is 2.26 bits per heavy atom. The maximum Gasteiger partial charge on any atom is 0.264 e. The first-order valence-corrected chi connectivity index (χ1v) is 14.3. The average molecular weight is 584 g/mol. The Kier molecular flexibility index (Phi) is 8.49. The quantitative estimate of drug-likeness (QED) is 0.194. The number of hydrazone groups is 1. The third-order valence-electron chi connectivity index (χ3n) is 6.34. The molecular formula is C29H28Cl2N4O3S. The SMILES string of the molecule is Cc1cccc(C)c1-n1c(C)cc(/C=N\NC(=O)CN(c2cccc(Cl)c2Cl)S(=O)(=O)c2ccccc2)c1C. The lowest BCUT2D eigenvalue weighted by Crippen LogP contribution is -2.39. The van der Waals surface area contributed by atoms with Crippen LogP contribution in [0.25, 0.3) is 5.69 Å². The number of amides is 1. The molecule has 0 aliphatic rings. The van der Waals surface area contributed by atoms with E-state index in [1.54, 1.807) is 36.5 Å². The average Bonchev–Trinajstić information content (AvgIpc) is 3.17. The molecule has 1 heterocycles. The van der Waals surface area contributed by atoms with Crippen molar-refractivity contribution >= 4 is 51.0 Å². The van der Waals surface area contributed by atoms with Crippen LogP contribution >= 0.6 is 23.2 Å². The molecule has 0 atom stereocenters. The molecule has 4 aromatic rings. The lowest BCUT2D eigenvalue weighted by Gasteiger charge is -2.24. The molecule has 39 heavy (non-hydrogen) atoms. The van der Waals surface area contributed by atoms with Gasteiger partial charge in [0.15, 0.2) is 0 Å². The van der Waals surface area contributed by atoms with Gasteiger partial charge in [-0.1, -0.05) is 65.7 Å². The summed E-state index contributed by atoms with van der Waals surface area (Å²) >= 11 is 12.5. The van der Waals surface area contributed by atoms with Crippen LogP contribution in [0.4, 0.5) is 5.69 Å². The van der Waals surface area contributed by atoms with Crippen molar-refractivity contribution in [2.45, 2.75) is 32.6 Å². The van der Waals surface area contributed by atoms with Crippen LogP contribution in [-0.2, 0) is 14.8 Å². The van der Waals surface area contributed by atoms with Gasteiger partial charge in [0.1, 0.15) is 6.54 Å². The maximum absolute atomic E-state index is 13.5. The standard InChI is InChI=1S/C29H28Cl2N4O3S/c1-19-10-8-11-20(2)29(19)35-21(3)16-23(22(35)4)17-32-33-27(36)18-34(26-15-9-14-25(30)28(26)31)39(37,38)24-12-6-5-7-13-24/h5-17H,18H2,1-4H3,(H,33,36)/b32-17-. The van der Waals surface area contributed by atoms with Gasteiger partial charge in [-0.25, -0.2) is 13.8 Å². The zero-order chi connectivity index (χ0) is 28.3. The molecule has 0 aliphatic heterocycles. The van der Waals surface area contributed by atoms with Gasteiger partial charge in [-0.05, 0) is 69.2 Å². The molecule has 0 spiro atoms. The summed E-state index contributed by atoms with van der Waals surface area (Å²) in [5.41, 5.74) is 8.74. The Morgan fingerprint density at radius 1 is 0.949 bits per heavy atom. The first-order chi connectivity index (χ1) is 18.5. The summed E-state index contributed by atoms with van der Waals surface area (Å²) in [6.07, 6.45) is 1.55. The number of sulfonamides is 1. The largest absolute Gasteiger partial charge is 0.317 e. The van der Waals surface area contributed by atoms with Crippen LogP contribution < -0.4 is 9.73 Å². The molecule has 202 valence electrons. The highest BCUT2D eigenvalue weighted by atomic mass is 35.5. The van der Waals surface area contributed by atoms with Gasteiger partial charge in [0.25, 0.3) is 15.9 Å². The summed E-state index contributed by atoms with van der Waals surface area (Å²) in [7, 11) is -4.14. The number of hydrogen-bond donors (Lipinski definition) is 1. The molecule has 0 unspecified atom stereocenters. The van der Waals surface area contributed by atoms with E-state index in [-0.39, 0.29) is 20.6 Å². The highest BCUT2D eigenvalue weighted by Crippen LogP contribution is 2.35. The van der Waals surface area contributed by atoms with E-state index in [0.29, 0.717) is 0 Å². The molecule has 0 saturated carbocycles. The predicted molar refractivity (Wildman–Crippen MR) is 158 cm³/mol. The van der Waals surface area contributed by atoms with Gasteiger partial charge in [-0.2, -0.15) is 5.10 Å². The van der Waals surface area contributed by atoms with Gasteiger partial charge >= 0.3 is 0 Å². The number of aromatic nitrogens is 1. The van der Waals surface area contributed by atoms with Crippen molar-refractivity contribution in [1.29, 1.82) is 0 Å². The number of aryl methyl sites for hydroxylation is 3. The maximum atomic E-state index is 13.5. The summed E-state index contributed by atoms with van der Waals surface area (Å²) in [6.45, 7) is 7.57. The highest BCUT2D eigenvalue weighted by molar-refractivity contribution is 7.92. The molecule has 0 bridgehead atoms. The van der Waals surface area contributed by atoms with Gasteiger partial charge in [0.05, 0.1) is 32.5 Å². The van der Waals surface area contributed by atoms with E-state index in [2.05, 4.69) is 41.1 Å². The molecule has 0 aliphatic carbocycles. The molecule has 10 heteroatoms. The Morgan fingerprint density at radius 2 is 1.59 bits per heavy atom. The Bertz CT molecular complexity index is 1650. The van der Waals surface area contributed by atoms with E-state index in [0.717, 1.165) is 38.1 Å². The number of benzene rings is 3. The fourth-order valence-electron chi connectivity index (χ4n) is 4.46. The number of nitrogens with one attached hydrogen (secondary N) is 1. The van der Waals surface area contributed by atoms with Gasteiger partial charge in [0, 0.05) is 17.0 Å². The minimum absolute atomic E-state index is 0.0104. The van der Waals surface area contributed by atoms with E-state index in [4.69, 9.17) is 23.2 Å². The van der Waals surface area contributed by atoms with Crippen LogP contribution in [0.1, 0.15) is 28.1 Å². The van der Waals surface area contributed by atoms with Gasteiger partial charge in [-0.15, -0.1) is 0 Å². The lowest BCUT2D eigenvalue weighted by molar-refractivity contribution is -0.119.